The normalized spacial score (nSPS) is 21.4. The van der Waals surface area contributed by atoms with Crippen molar-refractivity contribution in [3.8, 4) is 5.75 Å². The van der Waals surface area contributed by atoms with Crippen LogP contribution in [0.4, 0.5) is 22.0 Å². The molecule has 1 N–H and O–H groups in total. The molecule has 1 amide bonds. The van der Waals surface area contributed by atoms with Crippen LogP contribution in [0.2, 0.25) is 0 Å². The van der Waals surface area contributed by atoms with Gasteiger partial charge in [0.2, 0.25) is 0 Å². The number of nitrogens with zero attached hydrogens (tertiary/aromatic N) is 1. The number of aliphatic hydroxyl groups is 1. The van der Waals surface area contributed by atoms with Gasteiger partial charge >= 0.3 is 6.18 Å². The van der Waals surface area contributed by atoms with Gasteiger partial charge in [0.15, 0.2) is 19.7 Å². The van der Waals surface area contributed by atoms with Gasteiger partial charge in [-0.25, -0.2) is 25.6 Å². The van der Waals surface area contributed by atoms with Gasteiger partial charge in [-0.05, 0) is 73.4 Å². The van der Waals surface area contributed by atoms with Crippen molar-refractivity contribution in [2.45, 2.75) is 47.3 Å². The molecule has 3 aromatic carbocycles. The van der Waals surface area contributed by atoms with Crippen molar-refractivity contribution < 1.29 is 53.4 Å². The molecule has 0 aliphatic carbocycles. The minimum atomic E-state index is -4.82. The largest absolute Gasteiger partial charge is 0.489 e. The van der Waals surface area contributed by atoms with E-state index in [-0.39, 0.29) is 42.0 Å². The number of carbonyl (C=O) groups is 1. The van der Waals surface area contributed by atoms with Crippen molar-refractivity contribution in [2.24, 2.45) is 0 Å². The molecule has 0 saturated carbocycles. The Kier molecular flexibility index (Phi) is 8.51. The first kappa shape index (κ1) is 32.8. The lowest BCUT2D eigenvalue weighted by atomic mass is 9.94. The van der Waals surface area contributed by atoms with E-state index in [1.165, 1.54) is 29.2 Å². The fourth-order valence-corrected chi connectivity index (χ4v) is 9.35. The first-order valence-corrected chi connectivity index (χ1v) is 17.1. The second-order valence-corrected chi connectivity index (χ2v) is 15.8. The first-order valence-electron chi connectivity index (χ1n) is 13.8. The summed E-state index contributed by atoms with van der Waals surface area (Å²) in [4.78, 5) is 14.4. The molecule has 2 aliphatic rings. The number of amides is 1. The van der Waals surface area contributed by atoms with Crippen LogP contribution in [0.3, 0.4) is 0 Å². The van der Waals surface area contributed by atoms with Gasteiger partial charge in [0, 0.05) is 18.7 Å². The minimum absolute atomic E-state index is 0.00751. The smallest absolute Gasteiger partial charge is 0.416 e. The SMILES string of the molecule is O=C(N1CC[C@](c2ccc(OCc3c(F)cccc3C(F)(F)F)cc2)(S(=O)(=O)c2ccc(F)cc2)C1)C1(O)CCS(=O)(=O)CC1. The Morgan fingerprint density at radius 1 is 0.933 bits per heavy atom. The molecule has 0 aromatic heterocycles. The van der Waals surface area contributed by atoms with Crippen LogP contribution in [0.1, 0.15) is 36.0 Å². The number of rotatable bonds is 7. The summed E-state index contributed by atoms with van der Waals surface area (Å²) in [5, 5.41) is 11.0. The van der Waals surface area contributed by atoms with E-state index in [0.717, 1.165) is 42.5 Å². The van der Waals surface area contributed by atoms with Gasteiger partial charge in [-0.3, -0.25) is 4.79 Å². The molecule has 0 unspecified atom stereocenters. The number of likely N-dealkylation sites (tertiary alicyclic amines) is 1. The third-order valence-electron chi connectivity index (χ3n) is 8.40. The number of benzene rings is 3. The van der Waals surface area contributed by atoms with E-state index in [9.17, 15) is 48.7 Å². The molecule has 2 heterocycles. The third kappa shape index (κ3) is 6.29. The van der Waals surface area contributed by atoms with E-state index >= 15 is 0 Å². The van der Waals surface area contributed by atoms with Gasteiger partial charge in [0.25, 0.3) is 5.91 Å². The van der Waals surface area contributed by atoms with Crippen molar-refractivity contribution in [3.05, 3.63) is 95.1 Å². The summed E-state index contributed by atoms with van der Waals surface area (Å²) in [5.41, 5.74) is -3.73. The number of ether oxygens (including phenoxy) is 1. The number of alkyl halides is 3. The minimum Gasteiger partial charge on any atom is -0.489 e. The van der Waals surface area contributed by atoms with Crippen molar-refractivity contribution >= 4 is 25.6 Å². The lowest BCUT2D eigenvalue weighted by Crippen LogP contribution is -2.53. The fraction of sp³-hybridized carbons (Fsp3) is 0.367. The Balaban J connectivity index is 1.46. The maximum Gasteiger partial charge on any atom is 0.416 e. The second kappa shape index (κ2) is 11.7. The lowest BCUT2D eigenvalue weighted by Gasteiger charge is -2.35. The highest BCUT2D eigenvalue weighted by Gasteiger charge is 2.55. The highest BCUT2D eigenvalue weighted by Crippen LogP contribution is 2.45. The van der Waals surface area contributed by atoms with Gasteiger partial charge in [-0.1, -0.05) is 18.2 Å². The molecular formula is C30H28F5NO7S2. The van der Waals surface area contributed by atoms with Crippen molar-refractivity contribution in [3.63, 3.8) is 0 Å². The molecule has 45 heavy (non-hydrogen) atoms. The Hall–Kier alpha value is -3.56. The van der Waals surface area contributed by atoms with Crippen LogP contribution in [0.15, 0.2) is 71.6 Å². The molecule has 0 radical (unpaired) electrons. The third-order valence-corrected chi connectivity index (χ3v) is 12.5. The summed E-state index contributed by atoms with van der Waals surface area (Å²) in [5.74, 6) is -3.39. The van der Waals surface area contributed by atoms with Crippen molar-refractivity contribution in [1.82, 2.24) is 4.90 Å². The Morgan fingerprint density at radius 2 is 1.56 bits per heavy atom. The van der Waals surface area contributed by atoms with E-state index in [1.54, 1.807) is 0 Å². The van der Waals surface area contributed by atoms with Crippen LogP contribution in [0, 0.1) is 11.6 Å². The average Bonchev–Trinajstić information content (AvgIpc) is 3.45. The van der Waals surface area contributed by atoms with E-state index in [1.807, 2.05) is 0 Å². The molecule has 5 rings (SSSR count). The predicted molar refractivity (Wildman–Crippen MR) is 151 cm³/mol. The molecule has 15 heteroatoms. The van der Waals surface area contributed by atoms with Gasteiger partial charge in [-0.2, -0.15) is 13.2 Å². The standard InChI is InChI=1S/C30H28F5NO7S2/c31-21-6-10-23(11-7-21)45(41,42)29(12-15-36(19-29)27(37)28(38)13-16-44(39,40)17-14-28)20-4-8-22(9-5-20)43-18-24-25(30(33,34)35)2-1-3-26(24)32/h1-11,38H,12-19H2/t29-/m0/s1. The van der Waals surface area contributed by atoms with Crippen LogP contribution in [-0.2, 0) is 42.0 Å². The second-order valence-electron chi connectivity index (χ2n) is 11.2. The summed E-state index contributed by atoms with van der Waals surface area (Å²) in [7, 11) is -7.78. The fourth-order valence-electron chi connectivity index (χ4n) is 5.77. The summed E-state index contributed by atoms with van der Waals surface area (Å²) in [6.07, 6.45) is -5.65. The van der Waals surface area contributed by atoms with E-state index in [4.69, 9.17) is 4.74 Å². The molecule has 0 bridgehead atoms. The van der Waals surface area contributed by atoms with E-state index < -0.39 is 89.5 Å². The van der Waals surface area contributed by atoms with Crippen LogP contribution in [-0.4, -0.2) is 62.9 Å². The van der Waals surface area contributed by atoms with Gasteiger partial charge in [0.1, 0.15) is 34.3 Å². The molecule has 3 aromatic rings. The quantitative estimate of drug-likeness (QED) is 0.292. The molecular weight excluding hydrogens is 645 g/mol. The average molecular weight is 674 g/mol. The number of sulfone groups is 2. The molecule has 8 nitrogen and oxygen atoms in total. The molecule has 0 spiro atoms. The molecule has 242 valence electrons. The maximum absolute atomic E-state index is 14.3. The van der Waals surface area contributed by atoms with Crippen molar-refractivity contribution in [2.75, 3.05) is 24.6 Å². The molecule has 2 saturated heterocycles. The van der Waals surface area contributed by atoms with Gasteiger partial charge < -0.3 is 14.7 Å². The van der Waals surface area contributed by atoms with Crippen LogP contribution in [0.25, 0.3) is 0 Å². The van der Waals surface area contributed by atoms with Crippen molar-refractivity contribution in [1.29, 1.82) is 0 Å². The molecule has 2 aliphatic heterocycles. The summed E-state index contributed by atoms with van der Waals surface area (Å²) < 4.78 is 124. The Bertz CT molecular complexity index is 1800. The lowest BCUT2D eigenvalue weighted by molar-refractivity contribution is -0.151. The zero-order valence-corrected chi connectivity index (χ0v) is 25.2. The van der Waals surface area contributed by atoms with Crippen LogP contribution in [0.5, 0.6) is 5.75 Å². The molecule has 1 atom stereocenters. The highest BCUT2D eigenvalue weighted by atomic mass is 32.2. The Morgan fingerprint density at radius 3 is 2.16 bits per heavy atom. The zero-order valence-electron chi connectivity index (χ0n) is 23.6. The number of hydrogen-bond acceptors (Lipinski definition) is 7. The summed E-state index contributed by atoms with van der Waals surface area (Å²) >= 11 is 0. The van der Waals surface area contributed by atoms with Gasteiger partial charge in [0.05, 0.1) is 22.0 Å². The monoisotopic (exact) mass is 673 g/mol. The highest BCUT2D eigenvalue weighted by molar-refractivity contribution is 7.92. The number of carbonyl (C=O) groups excluding carboxylic acids is 1. The summed E-state index contributed by atoms with van der Waals surface area (Å²) in [6.45, 7) is -1.30. The number of hydrogen-bond donors (Lipinski definition) is 1. The first-order chi connectivity index (χ1) is 21.0. The summed E-state index contributed by atoms with van der Waals surface area (Å²) in [6, 6.07) is 12.0. The topological polar surface area (TPSA) is 118 Å². The number of halogens is 5. The van der Waals surface area contributed by atoms with E-state index in [2.05, 4.69) is 0 Å². The van der Waals surface area contributed by atoms with E-state index in [0.29, 0.717) is 0 Å². The maximum atomic E-state index is 14.3. The predicted octanol–water partition coefficient (Wildman–Crippen LogP) is 4.40. The van der Waals surface area contributed by atoms with Crippen LogP contribution < -0.4 is 4.74 Å². The molecule has 2 fully saturated rings. The van der Waals surface area contributed by atoms with Gasteiger partial charge in [-0.15, -0.1) is 0 Å². The zero-order chi connectivity index (χ0) is 32.8. The Labute approximate surface area is 256 Å². The van der Waals surface area contributed by atoms with Crippen LogP contribution >= 0.6 is 0 Å².